The van der Waals surface area contributed by atoms with Gasteiger partial charge in [-0.05, 0) is 39.5 Å². The molecule has 0 aliphatic rings. The summed E-state index contributed by atoms with van der Waals surface area (Å²) in [6.07, 6.45) is 3.34. The molecule has 0 unspecified atom stereocenters. The third-order valence-corrected chi connectivity index (χ3v) is 0.918. The number of nitrogens with two attached hydrogens (primary N) is 1. The molecule has 0 bridgehead atoms. The van der Waals surface area contributed by atoms with Crippen LogP contribution in [0.1, 0.15) is 27.7 Å². The highest BCUT2D eigenvalue weighted by molar-refractivity contribution is 5.77. The van der Waals surface area contributed by atoms with Crippen molar-refractivity contribution in [2.45, 2.75) is 33.2 Å². The number of rotatable bonds is 1. The molecule has 2 heteroatoms. The van der Waals surface area contributed by atoms with Gasteiger partial charge in [-0.1, -0.05) is 0 Å². The van der Waals surface area contributed by atoms with E-state index < -0.39 is 0 Å². The summed E-state index contributed by atoms with van der Waals surface area (Å²) in [4.78, 5) is 4.25. The van der Waals surface area contributed by atoms with Crippen molar-refractivity contribution in [2.24, 2.45) is 10.7 Å². The average Bonchev–Trinajstić information content (AvgIpc) is 1.81. The minimum atomic E-state index is 0.00424. The second kappa shape index (κ2) is 3.40. The van der Waals surface area contributed by atoms with Gasteiger partial charge in [0.05, 0.1) is 5.54 Å². The van der Waals surface area contributed by atoms with Crippen molar-refractivity contribution in [3.05, 3.63) is 11.8 Å². The molecule has 0 rings (SSSR count). The predicted molar refractivity (Wildman–Crippen MR) is 46.2 cm³/mol. The van der Waals surface area contributed by atoms with Crippen molar-refractivity contribution in [1.82, 2.24) is 0 Å². The molecule has 0 aromatic carbocycles. The van der Waals surface area contributed by atoms with Crippen LogP contribution in [-0.2, 0) is 0 Å². The van der Waals surface area contributed by atoms with Crippen molar-refractivity contribution in [2.75, 3.05) is 0 Å². The van der Waals surface area contributed by atoms with E-state index >= 15 is 0 Å². The van der Waals surface area contributed by atoms with E-state index in [0.717, 1.165) is 5.57 Å². The molecule has 58 valence electrons. The molecule has 0 aliphatic heterocycles. The Bertz CT molecular complexity index is 149. The summed E-state index contributed by atoms with van der Waals surface area (Å²) in [5.74, 6) is 0. The molecule has 0 spiro atoms. The minimum Gasteiger partial charge on any atom is -0.404 e. The fourth-order valence-electron chi connectivity index (χ4n) is 0.338. The highest BCUT2D eigenvalue weighted by atomic mass is 14.8. The van der Waals surface area contributed by atoms with Gasteiger partial charge in [-0.15, -0.1) is 0 Å². The maximum Gasteiger partial charge on any atom is 0.0524 e. The number of allylic oxidation sites excluding steroid dienone is 1. The van der Waals surface area contributed by atoms with E-state index in [4.69, 9.17) is 5.73 Å². The molecule has 0 radical (unpaired) electrons. The molecule has 0 aromatic rings. The SMILES string of the molecule is CC(C=NC(C)(C)C)=CN. The topological polar surface area (TPSA) is 38.4 Å². The van der Waals surface area contributed by atoms with E-state index in [0.29, 0.717) is 0 Å². The fraction of sp³-hybridized carbons (Fsp3) is 0.625. The first kappa shape index (κ1) is 9.21. The first-order valence-corrected chi connectivity index (χ1v) is 3.39. The quantitative estimate of drug-likeness (QED) is 0.553. The van der Waals surface area contributed by atoms with E-state index in [2.05, 4.69) is 4.99 Å². The van der Waals surface area contributed by atoms with E-state index in [-0.39, 0.29) is 5.54 Å². The molecule has 0 saturated heterocycles. The van der Waals surface area contributed by atoms with Gasteiger partial charge in [-0.3, -0.25) is 4.99 Å². The minimum absolute atomic E-state index is 0.00424. The molecular formula is C8H16N2. The van der Waals surface area contributed by atoms with Gasteiger partial charge in [0.25, 0.3) is 0 Å². The van der Waals surface area contributed by atoms with Gasteiger partial charge < -0.3 is 5.73 Å². The molecule has 10 heavy (non-hydrogen) atoms. The standard InChI is InChI=1S/C8H16N2/c1-7(5-9)6-10-8(2,3)4/h5-6H,9H2,1-4H3. The lowest BCUT2D eigenvalue weighted by Crippen LogP contribution is -2.09. The van der Waals surface area contributed by atoms with Crippen LogP contribution in [0.5, 0.6) is 0 Å². The maximum absolute atomic E-state index is 5.25. The van der Waals surface area contributed by atoms with Crippen molar-refractivity contribution in [1.29, 1.82) is 0 Å². The van der Waals surface area contributed by atoms with Crippen LogP contribution < -0.4 is 5.73 Å². The molecule has 0 aliphatic carbocycles. The van der Waals surface area contributed by atoms with Gasteiger partial charge in [-0.2, -0.15) is 0 Å². The zero-order valence-electron chi connectivity index (χ0n) is 7.18. The summed E-state index contributed by atoms with van der Waals surface area (Å²) >= 11 is 0. The fourth-order valence-corrected chi connectivity index (χ4v) is 0.338. The summed E-state index contributed by atoms with van der Waals surface area (Å²) in [7, 11) is 0. The zero-order chi connectivity index (χ0) is 8.20. The third-order valence-electron chi connectivity index (χ3n) is 0.918. The zero-order valence-corrected chi connectivity index (χ0v) is 7.18. The Kier molecular flexibility index (Phi) is 3.13. The van der Waals surface area contributed by atoms with Crippen LogP contribution in [0.2, 0.25) is 0 Å². The second-order valence-electron chi connectivity index (χ2n) is 3.34. The molecule has 0 fully saturated rings. The summed E-state index contributed by atoms with van der Waals surface area (Å²) in [6.45, 7) is 8.07. The summed E-state index contributed by atoms with van der Waals surface area (Å²) < 4.78 is 0. The van der Waals surface area contributed by atoms with Crippen LogP contribution in [0.15, 0.2) is 16.8 Å². The number of hydrogen-bond donors (Lipinski definition) is 1. The third kappa shape index (κ3) is 5.35. The van der Waals surface area contributed by atoms with Crippen molar-refractivity contribution < 1.29 is 0 Å². The Morgan fingerprint density at radius 1 is 1.40 bits per heavy atom. The van der Waals surface area contributed by atoms with Gasteiger partial charge in [0.1, 0.15) is 0 Å². The van der Waals surface area contributed by atoms with Crippen LogP contribution in [0.4, 0.5) is 0 Å². The van der Waals surface area contributed by atoms with E-state index in [9.17, 15) is 0 Å². The van der Waals surface area contributed by atoms with E-state index in [1.54, 1.807) is 12.4 Å². The van der Waals surface area contributed by atoms with Crippen LogP contribution in [0.3, 0.4) is 0 Å². The van der Waals surface area contributed by atoms with Crippen LogP contribution >= 0.6 is 0 Å². The van der Waals surface area contributed by atoms with Gasteiger partial charge in [0, 0.05) is 6.21 Å². The Labute approximate surface area is 62.8 Å². The number of aliphatic imine (C=N–C) groups is 1. The van der Waals surface area contributed by atoms with Crippen LogP contribution in [-0.4, -0.2) is 11.8 Å². The summed E-state index contributed by atoms with van der Waals surface area (Å²) in [5.41, 5.74) is 6.25. The summed E-state index contributed by atoms with van der Waals surface area (Å²) in [5, 5.41) is 0. The lowest BCUT2D eigenvalue weighted by molar-refractivity contribution is 0.586. The predicted octanol–water partition coefficient (Wildman–Crippen LogP) is 1.72. The van der Waals surface area contributed by atoms with Crippen molar-refractivity contribution in [3.63, 3.8) is 0 Å². The summed E-state index contributed by atoms with van der Waals surface area (Å²) in [6, 6.07) is 0. The monoisotopic (exact) mass is 140 g/mol. The van der Waals surface area contributed by atoms with Crippen LogP contribution in [0.25, 0.3) is 0 Å². The molecule has 2 nitrogen and oxygen atoms in total. The first-order valence-electron chi connectivity index (χ1n) is 3.39. The molecule has 2 N–H and O–H groups in total. The van der Waals surface area contributed by atoms with Gasteiger partial charge in [0.15, 0.2) is 0 Å². The molecule has 0 aromatic heterocycles. The molecule has 0 amide bonds. The van der Waals surface area contributed by atoms with Gasteiger partial charge in [0.2, 0.25) is 0 Å². The van der Waals surface area contributed by atoms with Crippen molar-refractivity contribution >= 4 is 6.21 Å². The highest BCUT2D eigenvalue weighted by Crippen LogP contribution is 2.05. The number of hydrogen-bond acceptors (Lipinski definition) is 2. The van der Waals surface area contributed by atoms with Gasteiger partial charge >= 0.3 is 0 Å². The second-order valence-corrected chi connectivity index (χ2v) is 3.34. The number of nitrogens with zero attached hydrogens (tertiary/aromatic N) is 1. The first-order chi connectivity index (χ1) is 4.45. The Morgan fingerprint density at radius 2 is 1.90 bits per heavy atom. The Morgan fingerprint density at radius 3 is 2.20 bits per heavy atom. The van der Waals surface area contributed by atoms with E-state index in [1.165, 1.54) is 0 Å². The van der Waals surface area contributed by atoms with E-state index in [1.807, 2.05) is 27.7 Å². The molecular weight excluding hydrogens is 124 g/mol. The highest BCUT2D eigenvalue weighted by Gasteiger charge is 2.03. The lowest BCUT2D eigenvalue weighted by atomic mass is 10.1. The largest absolute Gasteiger partial charge is 0.404 e. The van der Waals surface area contributed by atoms with Crippen molar-refractivity contribution in [3.8, 4) is 0 Å². The average molecular weight is 140 g/mol. The Hall–Kier alpha value is -0.790. The molecule has 0 saturated carbocycles. The Balaban J connectivity index is 4.01. The molecule has 0 heterocycles. The lowest BCUT2D eigenvalue weighted by Gasteiger charge is -2.10. The smallest absolute Gasteiger partial charge is 0.0524 e. The van der Waals surface area contributed by atoms with Crippen LogP contribution in [0, 0.1) is 0 Å². The van der Waals surface area contributed by atoms with Gasteiger partial charge in [-0.25, -0.2) is 0 Å². The molecule has 0 atom stereocenters. The maximum atomic E-state index is 5.25. The normalized spacial score (nSPS) is 14.6.